The van der Waals surface area contributed by atoms with E-state index in [9.17, 15) is 19.2 Å². The summed E-state index contributed by atoms with van der Waals surface area (Å²) in [5.74, 6) is -2.32. The molecule has 2 aromatic rings. The highest BCUT2D eigenvalue weighted by Gasteiger charge is 2.19. The Morgan fingerprint density at radius 2 is 1.78 bits per heavy atom. The summed E-state index contributed by atoms with van der Waals surface area (Å²) in [5.41, 5.74) is 4.95. The number of furan rings is 1. The number of hydrazine groups is 1. The molecule has 1 aromatic heterocycles. The minimum Gasteiger partial charge on any atom is -0.459 e. The van der Waals surface area contributed by atoms with E-state index in [1.165, 1.54) is 25.3 Å². The largest absolute Gasteiger partial charge is 0.459 e. The minimum atomic E-state index is -0.723. The molecule has 2 rings (SSSR count). The van der Waals surface area contributed by atoms with Crippen LogP contribution in [0, 0.1) is 0 Å². The summed E-state index contributed by atoms with van der Waals surface area (Å²) in [5, 5.41) is 2.66. The summed E-state index contributed by atoms with van der Waals surface area (Å²) < 4.78 is 9.74. The van der Waals surface area contributed by atoms with E-state index in [0.717, 1.165) is 5.56 Å². The van der Waals surface area contributed by atoms with Crippen molar-refractivity contribution in [3.63, 3.8) is 0 Å². The van der Waals surface area contributed by atoms with E-state index in [4.69, 9.17) is 9.15 Å². The zero-order valence-corrected chi connectivity index (χ0v) is 14.6. The van der Waals surface area contributed by atoms with Crippen molar-refractivity contribution in [2.24, 2.45) is 0 Å². The fraction of sp³-hybridized carbons (Fsp3) is 0.222. The molecule has 1 atom stereocenters. The van der Waals surface area contributed by atoms with Crippen LogP contribution in [0.4, 0.5) is 0 Å². The maximum Gasteiger partial charge on any atom is 0.308 e. The quantitative estimate of drug-likeness (QED) is 0.488. The predicted octanol–water partition coefficient (Wildman–Crippen LogP) is 0.851. The van der Waals surface area contributed by atoms with Crippen LogP contribution in [0.3, 0.4) is 0 Å². The van der Waals surface area contributed by atoms with Gasteiger partial charge in [-0.05, 0) is 17.7 Å². The van der Waals surface area contributed by atoms with Crippen LogP contribution in [0.5, 0.6) is 0 Å². The van der Waals surface area contributed by atoms with Crippen LogP contribution in [0.2, 0.25) is 0 Å². The maximum atomic E-state index is 12.0. The van der Waals surface area contributed by atoms with E-state index in [1.807, 2.05) is 6.07 Å². The van der Waals surface area contributed by atoms with Gasteiger partial charge in [-0.15, -0.1) is 0 Å². The van der Waals surface area contributed by atoms with Gasteiger partial charge in [-0.2, -0.15) is 0 Å². The lowest BCUT2D eigenvalue weighted by molar-refractivity contribution is -0.149. The Kier molecular flexibility index (Phi) is 7.12. The van der Waals surface area contributed by atoms with E-state index in [0.29, 0.717) is 0 Å². The zero-order chi connectivity index (χ0) is 19.6. The van der Waals surface area contributed by atoms with Gasteiger partial charge in [0.05, 0.1) is 18.7 Å². The highest BCUT2D eigenvalue weighted by atomic mass is 16.5. The van der Waals surface area contributed by atoms with Gasteiger partial charge >= 0.3 is 11.9 Å². The van der Waals surface area contributed by atoms with Crippen LogP contribution in [-0.4, -0.2) is 30.3 Å². The lowest BCUT2D eigenvalue weighted by Gasteiger charge is -2.17. The van der Waals surface area contributed by atoms with Gasteiger partial charge in [0.1, 0.15) is 0 Å². The molecule has 0 fully saturated rings. The number of hydrogen-bond acceptors (Lipinski definition) is 6. The number of carbonyl (C=O) groups is 4. The predicted molar refractivity (Wildman–Crippen MR) is 92.9 cm³/mol. The fourth-order valence-electron chi connectivity index (χ4n) is 2.19. The van der Waals surface area contributed by atoms with Crippen LogP contribution in [0.1, 0.15) is 35.5 Å². The van der Waals surface area contributed by atoms with Crippen molar-refractivity contribution < 1.29 is 28.3 Å². The van der Waals surface area contributed by atoms with Crippen molar-refractivity contribution in [2.75, 3.05) is 6.61 Å². The molecule has 3 amide bonds. The lowest BCUT2D eigenvalue weighted by atomic mass is 10.0. The Hall–Kier alpha value is -3.62. The standard InChI is InChI=1S/C18H19N3O6/c1-12(22)19-14(13-6-3-2-4-7-13)10-17(24)27-11-16(23)20-21-18(25)15-8-5-9-26-15/h2-9,14H,10-11H2,1H3,(H,19,22)(H,20,23)(H,21,25)/t14-/m1/s1. The minimum absolute atomic E-state index is 0.0216. The smallest absolute Gasteiger partial charge is 0.308 e. The molecule has 0 radical (unpaired) electrons. The number of carbonyl (C=O) groups excluding carboxylic acids is 4. The third-order valence-electron chi connectivity index (χ3n) is 3.37. The number of rotatable bonds is 7. The van der Waals surface area contributed by atoms with Crippen LogP contribution in [0.25, 0.3) is 0 Å². The SMILES string of the molecule is CC(=O)N[C@H](CC(=O)OCC(=O)NNC(=O)c1ccco1)c1ccccc1. The molecule has 1 heterocycles. The van der Waals surface area contributed by atoms with Crippen LogP contribution < -0.4 is 16.2 Å². The number of benzene rings is 1. The second-order valence-electron chi connectivity index (χ2n) is 5.51. The van der Waals surface area contributed by atoms with Gasteiger partial charge in [-0.3, -0.25) is 30.0 Å². The zero-order valence-electron chi connectivity index (χ0n) is 14.6. The average Bonchev–Trinajstić information content (AvgIpc) is 3.19. The number of nitrogens with one attached hydrogen (secondary N) is 3. The van der Waals surface area contributed by atoms with Gasteiger partial charge in [0.15, 0.2) is 12.4 Å². The van der Waals surface area contributed by atoms with Crippen molar-refractivity contribution >= 4 is 23.7 Å². The molecule has 0 aliphatic rings. The van der Waals surface area contributed by atoms with E-state index in [-0.39, 0.29) is 18.1 Å². The molecule has 3 N–H and O–H groups in total. The van der Waals surface area contributed by atoms with E-state index in [2.05, 4.69) is 16.2 Å². The van der Waals surface area contributed by atoms with E-state index in [1.54, 1.807) is 24.3 Å². The Labute approximate surface area is 155 Å². The van der Waals surface area contributed by atoms with Gasteiger partial charge in [0, 0.05) is 6.92 Å². The number of hydrogen-bond donors (Lipinski definition) is 3. The third-order valence-corrected chi connectivity index (χ3v) is 3.37. The molecule has 1 aromatic carbocycles. The van der Waals surface area contributed by atoms with Gasteiger partial charge in [0.2, 0.25) is 5.91 Å². The molecule has 0 unspecified atom stereocenters. The number of esters is 1. The van der Waals surface area contributed by atoms with E-state index >= 15 is 0 Å². The van der Waals surface area contributed by atoms with Gasteiger partial charge in [-0.1, -0.05) is 30.3 Å². The molecule has 0 aliphatic carbocycles. The molecule has 0 saturated carbocycles. The summed E-state index contributed by atoms with van der Waals surface area (Å²) in [6.07, 6.45) is 1.17. The van der Waals surface area contributed by atoms with Gasteiger partial charge < -0.3 is 14.5 Å². The molecule has 142 valence electrons. The van der Waals surface area contributed by atoms with Crippen molar-refractivity contribution in [1.29, 1.82) is 0 Å². The molecule has 0 bridgehead atoms. The number of ether oxygens (including phenoxy) is 1. The van der Waals surface area contributed by atoms with Crippen LogP contribution in [-0.2, 0) is 19.1 Å². The highest BCUT2D eigenvalue weighted by molar-refractivity contribution is 5.93. The summed E-state index contributed by atoms with van der Waals surface area (Å²) >= 11 is 0. The second-order valence-corrected chi connectivity index (χ2v) is 5.51. The topological polar surface area (TPSA) is 127 Å². The van der Waals surface area contributed by atoms with Gasteiger partial charge in [-0.25, -0.2) is 0 Å². The fourth-order valence-corrected chi connectivity index (χ4v) is 2.19. The first kappa shape index (κ1) is 19.7. The van der Waals surface area contributed by atoms with Crippen molar-refractivity contribution in [3.8, 4) is 0 Å². The lowest BCUT2D eigenvalue weighted by Crippen LogP contribution is -2.43. The van der Waals surface area contributed by atoms with Crippen LogP contribution in [0.15, 0.2) is 53.1 Å². The first-order valence-corrected chi connectivity index (χ1v) is 8.06. The van der Waals surface area contributed by atoms with E-state index < -0.39 is 30.4 Å². The highest BCUT2D eigenvalue weighted by Crippen LogP contribution is 2.17. The normalized spacial score (nSPS) is 11.1. The average molecular weight is 373 g/mol. The summed E-state index contributed by atoms with van der Waals surface area (Å²) in [4.78, 5) is 46.6. The second kappa shape index (κ2) is 9.76. The monoisotopic (exact) mass is 373 g/mol. The molecular weight excluding hydrogens is 354 g/mol. The molecule has 0 saturated heterocycles. The molecule has 27 heavy (non-hydrogen) atoms. The Bertz CT molecular complexity index is 789. The molecule has 9 nitrogen and oxygen atoms in total. The Morgan fingerprint density at radius 1 is 1.04 bits per heavy atom. The Morgan fingerprint density at radius 3 is 2.41 bits per heavy atom. The first-order chi connectivity index (χ1) is 13.0. The van der Waals surface area contributed by atoms with Gasteiger partial charge in [0.25, 0.3) is 5.91 Å². The van der Waals surface area contributed by atoms with Crippen LogP contribution >= 0.6 is 0 Å². The first-order valence-electron chi connectivity index (χ1n) is 8.06. The summed E-state index contributed by atoms with van der Waals surface area (Å²) in [7, 11) is 0. The van der Waals surface area contributed by atoms with Crippen molar-refractivity contribution in [1.82, 2.24) is 16.2 Å². The third kappa shape index (κ3) is 6.65. The molecule has 0 spiro atoms. The molecule has 9 heteroatoms. The molecule has 0 aliphatic heterocycles. The molecular formula is C18H19N3O6. The summed E-state index contributed by atoms with van der Waals surface area (Å²) in [6.45, 7) is 0.759. The maximum absolute atomic E-state index is 12.0. The number of amides is 3. The summed E-state index contributed by atoms with van der Waals surface area (Å²) in [6, 6.07) is 11.3. The van der Waals surface area contributed by atoms with Crippen molar-refractivity contribution in [3.05, 3.63) is 60.1 Å². The van der Waals surface area contributed by atoms with Crippen molar-refractivity contribution in [2.45, 2.75) is 19.4 Å². The Balaban J connectivity index is 1.78.